The average Bonchev–Trinajstić information content (AvgIpc) is 2.69. The molecule has 1 heterocycles. The first-order chi connectivity index (χ1) is 13.1. The second kappa shape index (κ2) is 7.23. The number of carbonyl (C=O) groups excluding carboxylic acids is 1. The highest BCUT2D eigenvalue weighted by molar-refractivity contribution is 5.90. The van der Waals surface area contributed by atoms with E-state index in [9.17, 15) is 9.18 Å². The van der Waals surface area contributed by atoms with Crippen molar-refractivity contribution in [3.8, 4) is 0 Å². The number of hydrogen-bond acceptors (Lipinski definition) is 1. The van der Waals surface area contributed by atoms with Crippen molar-refractivity contribution >= 4 is 11.7 Å². The summed E-state index contributed by atoms with van der Waals surface area (Å²) in [5, 5.41) is 2.73. The molecule has 3 aromatic carbocycles. The highest BCUT2D eigenvalue weighted by atomic mass is 19.1. The number of aryl methyl sites for hydroxylation is 1. The lowest BCUT2D eigenvalue weighted by molar-refractivity contribution is 0.194. The maximum Gasteiger partial charge on any atom is 0.322 e. The molecule has 4 heteroatoms. The van der Waals surface area contributed by atoms with Crippen LogP contribution in [0, 0.1) is 12.7 Å². The lowest BCUT2D eigenvalue weighted by atomic mass is 9.88. The predicted octanol–water partition coefficient (Wildman–Crippen LogP) is 5.31. The van der Waals surface area contributed by atoms with Crippen LogP contribution in [0.5, 0.6) is 0 Å². The Hall–Kier alpha value is -3.14. The molecular formula is C23H21FN2O. The van der Waals surface area contributed by atoms with Gasteiger partial charge in [0.25, 0.3) is 0 Å². The van der Waals surface area contributed by atoms with Gasteiger partial charge in [-0.3, -0.25) is 0 Å². The molecule has 0 bridgehead atoms. The Bertz CT molecular complexity index is 968. The zero-order valence-corrected chi connectivity index (χ0v) is 15.2. The van der Waals surface area contributed by atoms with E-state index in [4.69, 9.17) is 0 Å². The van der Waals surface area contributed by atoms with Crippen LogP contribution in [0.25, 0.3) is 0 Å². The van der Waals surface area contributed by atoms with Gasteiger partial charge < -0.3 is 10.2 Å². The topological polar surface area (TPSA) is 32.3 Å². The Balaban J connectivity index is 1.71. The largest absolute Gasteiger partial charge is 0.322 e. The summed E-state index contributed by atoms with van der Waals surface area (Å²) in [6.07, 6.45) is 0.781. The minimum absolute atomic E-state index is 0.192. The molecule has 3 nitrogen and oxygen atoms in total. The molecule has 136 valence electrons. The minimum Gasteiger partial charge on any atom is -0.313 e. The van der Waals surface area contributed by atoms with Crippen LogP contribution >= 0.6 is 0 Å². The van der Waals surface area contributed by atoms with Crippen LogP contribution in [0.3, 0.4) is 0 Å². The number of para-hydroxylation sites is 1. The van der Waals surface area contributed by atoms with Gasteiger partial charge in [0.2, 0.25) is 0 Å². The lowest BCUT2D eigenvalue weighted by Crippen LogP contribution is -2.43. The Labute approximate surface area is 158 Å². The number of hydrogen-bond donors (Lipinski definition) is 1. The predicted molar refractivity (Wildman–Crippen MR) is 105 cm³/mol. The van der Waals surface area contributed by atoms with E-state index < -0.39 is 5.82 Å². The van der Waals surface area contributed by atoms with Crippen LogP contribution in [0.4, 0.5) is 14.9 Å². The summed E-state index contributed by atoms with van der Waals surface area (Å²) in [4.78, 5) is 14.8. The minimum atomic E-state index is -0.435. The van der Waals surface area contributed by atoms with Gasteiger partial charge in [-0.05, 0) is 42.2 Å². The van der Waals surface area contributed by atoms with E-state index in [0.29, 0.717) is 6.54 Å². The van der Waals surface area contributed by atoms with E-state index in [1.54, 1.807) is 23.1 Å². The molecule has 0 aromatic heterocycles. The van der Waals surface area contributed by atoms with Crippen molar-refractivity contribution in [1.82, 2.24) is 4.90 Å². The smallest absolute Gasteiger partial charge is 0.313 e. The summed E-state index contributed by atoms with van der Waals surface area (Å²) >= 11 is 0. The van der Waals surface area contributed by atoms with Crippen LogP contribution in [0.2, 0.25) is 0 Å². The van der Waals surface area contributed by atoms with E-state index >= 15 is 0 Å². The van der Waals surface area contributed by atoms with Gasteiger partial charge in [-0.25, -0.2) is 9.18 Å². The summed E-state index contributed by atoms with van der Waals surface area (Å²) in [5.41, 5.74) is 4.79. The number of anilines is 1. The number of carbonyl (C=O) groups is 1. The first kappa shape index (κ1) is 17.3. The van der Waals surface area contributed by atoms with Crippen LogP contribution in [0.1, 0.15) is 28.3 Å². The van der Waals surface area contributed by atoms with Gasteiger partial charge in [-0.1, -0.05) is 66.2 Å². The summed E-state index contributed by atoms with van der Waals surface area (Å²) in [6.45, 7) is 2.62. The van der Waals surface area contributed by atoms with E-state index in [-0.39, 0.29) is 17.8 Å². The zero-order chi connectivity index (χ0) is 18.8. The van der Waals surface area contributed by atoms with Crippen molar-refractivity contribution in [3.05, 3.63) is 101 Å². The zero-order valence-electron chi connectivity index (χ0n) is 15.2. The Kier molecular flexibility index (Phi) is 4.63. The first-order valence-electron chi connectivity index (χ1n) is 9.10. The molecule has 1 aliphatic rings. The van der Waals surface area contributed by atoms with Crippen LogP contribution in [0.15, 0.2) is 72.8 Å². The van der Waals surface area contributed by atoms with Gasteiger partial charge in [0.1, 0.15) is 5.82 Å². The number of halogens is 1. The number of amides is 2. The van der Waals surface area contributed by atoms with Crippen molar-refractivity contribution in [2.75, 3.05) is 11.9 Å². The van der Waals surface area contributed by atoms with E-state index in [2.05, 4.69) is 41.7 Å². The fourth-order valence-electron chi connectivity index (χ4n) is 3.64. The Morgan fingerprint density at radius 1 is 1.00 bits per heavy atom. The maximum absolute atomic E-state index is 14.0. The molecule has 0 unspecified atom stereocenters. The molecule has 0 radical (unpaired) electrons. The fourth-order valence-corrected chi connectivity index (χ4v) is 3.64. The van der Waals surface area contributed by atoms with Gasteiger partial charge >= 0.3 is 6.03 Å². The standard InChI is InChI=1S/C23H21FN2O/c1-16-10-12-18(13-11-16)22-19-7-3-2-6-17(19)14-15-26(22)23(27)25-21-9-5-4-8-20(21)24/h2-13,22H,14-15H2,1H3,(H,25,27)/t22-/m1/s1. The molecule has 1 aliphatic heterocycles. The van der Waals surface area contributed by atoms with E-state index in [0.717, 1.165) is 17.5 Å². The van der Waals surface area contributed by atoms with Crippen molar-refractivity contribution in [2.24, 2.45) is 0 Å². The molecule has 3 aromatic rings. The third-order valence-corrected chi connectivity index (χ3v) is 5.05. The number of nitrogens with one attached hydrogen (secondary N) is 1. The highest BCUT2D eigenvalue weighted by Gasteiger charge is 2.32. The van der Waals surface area contributed by atoms with Gasteiger partial charge in [0.15, 0.2) is 0 Å². The molecule has 0 saturated heterocycles. The van der Waals surface area contributed by atoms with Gasteiger partial charge in [0.05, 0.1) is 11.7 Å². The third-order valence-electron chi connectivity index (χ3n) is 5.05. The number of benzene rings is 3. The summed E-state index contributed by atoms with van der Waals surface area (Å²) in [7, 11) is 0. The number of rotatable bonds is 2. The Morgan fingerprint density at radius 2 is 1.70 bits per heavy atom. The van der Waals surface area contributed by atoms with Crippen molar-refractivity contribution < 1.29 is 9.18 Å². The van der Waals surface area contributed by atoms with Crippen molar-refractivity contribution in [1.29, 1.82) is 0 Å². The molecule has 0 aliphatic carbocycles. The first-order valence-corrected chi connectivity index (χ1v) is 9.10. The number of fused-ring (bicyclic) bond motifs is 1. The fraction of sp³-hybridized carbons (Fsp3) is 0.174. The molecule has 4 rings (SSSR count). The number of nitrogens with zero attached hydrogens (tertiary/aromatic N) is 1. The number of urea groups is 1. The molecule has 1 N–H and O–H groups in total. The summed E-state index contributed by atoms with van der Waals surface area (Å²) < 4.78 is 14.0. The molecule has 27 heavy (non-hydrogen) atoms. The molecular weight excluding hydrogens is 339 g/mol. The Morgan fingerprint density at radius 3 is 2.48 bits per heavy atom. The molecule has 1 atom stereocenters. The monoisotopic (exact) mass is 360 g/mol. The SMILES string of the molecule is Cc1ccc([C@@H]2c3ccccc3CCN2C(=O)Nc2ccccc2F)cc1. The van der Waals surface area contributed by atoms with Crippen LogP contribution < -0.4 is 5.32 Å². The van der Waals surface area contributed by atoms with Crippen LogP contribution in [-0.2, 0) is 6.42 Å². The molecule has 0 fully saturated rings. The maximum atomic E-state index is 14.0. The second-order valence-corrected chi connectivity index (χ2v) is 6.87. The molecule has 0 spiro atoms. The second-order valence-electron chi connectivity index (χ2n) is 6.87. The molecule has 2 amide bonds. The summed E-state index contributed by atoms with van der Waals surface area (Å²) in [6, 6.07) is 22.2. The quantitative estimate of drug-likeness (QED) is 0.660. The van der Waals surface area contributed by atoms with E-state index in [1.165, 1.54) is 17.2 Å². The third kappa shape index (κ3) is 3.43. The van der Waals surface area contributed by atoms with Crippen molar-refractivity contribution in [3.63, 3.8) is 0 Å². The van der Waals surface area contributed by atoms with Crippen molar-refractivity contribution in [2.45, 2.75) is 19.4 Å². The normalized spacial score (nSPS) is 15.9. The van der Waals surface area contributed by atoms with Gasteiger partial charge in [-0.2, -0.15) is 0 Å². The highest BCUT2D eigenvalue weighted by Crippen LogP contribution is 2.35. The lowest BCUT2D eigenvalue weighted by Gasteiger charge is -2.37. The average molecular weight is 360 g/mol. The van der Waals surface area contributed by atoms with Crippen LogP contribution in [-0.4, -0.2) is 17.5 Å². The van der Waals surface area contributed by atoms with Gasteiger partial charge in [0, 0.05) is 6.54 Å². The van der Waals surface area contributed by atoms with Gasteiger partial charge in [-0.15, -0.1) is 0 Å². The summed E-state index contributed by atoms with van der Waals surface area (Å²) in [5.74, 6) is -0.435. The van der Waals surface area contributed by atoms with E-state index in [1.807, 2.05) is 19.1 Å². The molecule has 0 saturated carbocycles.